The fourth-order valence-corrected chi connectivity index (χ4v) is 1.76. The van der Waals surface area contributed by atoms with Crippen LogP contribution in [0, 0.1) is 0 Å². The lowest BCUT2D eigenvalue weighted by molar-refractivity contribution is 0.178. The van der Waals surface area contributed by atoms with E-state index in [1.165, 1.54) is 14.2 Å². The molecule has 0 bridgehead atoms. The average molecular weight is 276 g/mol. The van der Waals surface area contributed by atoms with Gasteiger partial charge in [0.25, 0.3) is 0 Å². The van der Waals surface area contributed by atoms with E-state index in [2.05, 4.69) is 9.97 Å². The van der Waals surface area contributed by atoms with Crippen molar-refractivity contribution in [3.8, 4) is 22.9 Å². The molecule has 0 amide bonds. The minimum Gasteiger partial charge on any atom is -0.506 e. The molecule has 0 aliphatic rings. The van der Waals surface area contributed by atoms with Gasteiger partial charge in [0.15, 0.2) is 0 Å². The van der Waals surface area contributed by atoms with Crippen molar-refractivity contribution in [2.45, 2.75) is 13.2 Å². The molecule has 2 rings (SSSR count). The molecule has 2 N–H and O–H groups in total. The van der Waals surface area contributed by atoms with Gasteiger partial charge in [0.1, 0.15) is 22.9 Å². The summed E-state index contributed by atoms with van der Waals surface area (Å²) < 4.78 is 9.96. The molecule has 6 nitrogen and oxygen atoms in total. The molecular weight excluding hydrogens is 260 g/mol. The average Bonchev–Trinajstić information content (AvgIpc) is 2.44. The SMILES string of the molecule is COCc1nc(-c2ccc(O)c(COC)n2)ccc1O. The molecule has 2 aromatic heterocycles. The third-order valence-corrected chi connectivity index (χ3v) is 2.72. The largest absolute Gasteiger partial charge is 0.506 e. The fraction of sp³-hybridized carbons (Fsp3) is 0.286. The number of methoxy groups -OCH3 is 2. The Balaban J connectivity index is 2.40. The molecule has 0 saturated carbocycles. The van der Waals surface area contributed by atoms with E-state index in [0.29, 0.717) is 22.8 Å². The van der Waals surface area contributed by atoms with Gasteiger partial charge in [-0.25, -0.2) is 9.97 Å². The Kier molecular flexibility index (Phi) is 4.49. The van der Waals surface area contributed by atoms with Crippen molar-refractivity contribution in [3.63, 3.8) is 0 Å². The van der Waals surface area contributed by atoms with Gasteiger partial charge in [-0.15, -0.1) is 0 Å². The molecule has 106 valence electrons. The lowest BCUT2D eigenvalue weighted by Crippen LogP contribution is -1.99. The van der Waals surface area contributed by atoms with Crippen molar-refractivity contribution in [1.82, 2.24) is 9.97 Å². The summed E-state index contributed by atoms with van der Waals surface area (Å²) in [5.74, 6) is 0.151. The monoisotopic (exact) mass is 276 g/mol. The van der Waals surface area contributed by atoms with Crippen LogP contribution >= 0.6 is 0 Å². The van der Waals surface area contributed by atoms with E-state index >= 15 is 0 Å². The number of aromatic hydroxyl groups is 2. The zero-order valence-corrected chi connectivity index (χ0v) is 11.3. The first-order valence-corrected chi connectivity index (χ1v) is 6.01. The van der Waals surface area contributed by atoms with Crippen LogP contribution in [0.3, 0.4) is 0 Å². The third kappa shape index (κ3) is 3.04. The van der Waals surface area contributed by atoms with Crippen LogP contribution in [-0.4, -0.2) is 34.4 Å². The Morgan fingerprint density at radius 2 is 1.20 bits per heavy atom. The van der Waals surface area contributed by atoms with E-state index in [-0.39, 0.29) is 24.7 Å². The number of nitrogens with zero attached hydrogens (tertiary/aromatic N) is 2. The van der Waals surface area contributed by atoms with Crippen LogP contribution in [0.1, 0.15) is 11.4 Å². The van der Waals surface area contributed by atoms with E-state index < -0.39 is 0 Å². The van der Waals surface area contributed by atoms with Crippen molar-refractivity contribution in [1.29, 1.82) is 0 Å². The number of hydrogen-bond acceptors (Lipinski definition) is 6. The van der Waals surface area contributed by atoms with E-state index in [0.717, 1.165) is 0 Å². The summed E-state index contributed by atoms with van der Waals surface area (Å²) in [5.41, 5.74) is 2.06. The standard InChI is InChI=1S/C14H16N2O4/c1-19-7-11-13(17)5-3-9(15-11)10-4-6-14(18)12(16-10)8-20-2/h3-6,17-18H,7-8H2,1-2H3. The molecule has 0 spiro atoms. The Hall–Kier alpha value is -2.18. The first-order valence-electron chi connectivity index (χ1n) is 6.01. The summed E-state index contributed by atoms with van der Waals surface area (Å²) >= 11 is 0. The molecular formula is C14H16N2O4. The Labute approximate surface area is 116 Å². The molecule has 0 unspecified atom stereocenters. The predicted octanol–water partition coefficient (Wildman–Crippen LogP) is 1.85. The molecule has 2 aromatic rings. The Morgan fingerprint density at radius 1 is 0.800 bits per heavy atom. The van der Waals surface area contributed by atoms with Crippen LogP contribution in [-0.2, 0) is 22.7 Å². The van der Waals surface area contributed by atoms with Gasteiger partial charge in [-0.3, -0.25) is 0 Å². The van der Waals surface area contributed by atoms with Gasteiger partial charge in [-0.05, 0) is 24.3 Å². The molecule has 20 heavy (non-hydrogen) atoms. The second-order valence-electron chi connectivity index (χ2n) is 4.19. The van der Waals surface area contributed by atoms with Gasteiger partial charge in [-0.1, -0.05) is 0 Å². The second-order valence-corrected chi connectivity index (χ2v) is 4.19. The minimum absolute atomic E-state index is 0.0755. The summed E-state index contributed by atoms with van der Waals surface area (Å²) in [6, 6.07) is 6.40. The molecule has 2 heterocycles. The highest BCUT2D eigenvalue weighted by molar-refractivity contribution is 5.57. The summed E-state index contributed by atoms with van der Waals surface area (Å²) in [4.78, 5) is 8.61. The van der Waals surface area contributed by atoms with Crippen molar-refractivity contribution >= 4 is 0 Å². The van der Waals surface area contributed by atoms with Gasteiger partial charge < -0.3 is 19.7 Å². The number of hydrogen-bond donors (Lipinski definition) is 2. The summed E-state index contributed by atoms with van der Waals surface area (Å²) in [6.45, 7) is 0.422. The molecule has 0 atom stereocenters. The number of aromatic nitrogens is 2. The van der Waals surface area contributed by atoms with Gasteiger partial charge in [0.05, 0.1) is 24.6 Å². The summed E-state index contributed by atoms with van der Waals surface area (Å²) in [5, 5.41) is 19.3. The Morgan fingerprint density at radius 3 is 1.55 bits per heavy atom. The number of ether oxygens (including phenoxy) is 2. The Bertz CT molecular complexity index is 548. The van der Waals surface area contributed by atoms with Crippen molar-refractivity contribution in [3.05, 3.63) is 35.7 Å². The van der Waals surface area contributed by atoms with E-state index in [1.54, 1.807) is 24.3 Å². The topological polar surface area (TPSA) is 84.7 Å². The van der Waals surface area contributed by atoms with Crippen LogP contribution < -0.4 is 0 Å². The lowest BCUT2D eigenvalue weighted by Gasteiger charge is -2.08. The maximum Gasteiger partial charge on any atom is 0.139 e. The maximum absolute atomic E-state index is 9.67. The first kappa shape index (κ1) is 14.2. The summed E-state index contributed by atoms with van der Waals surface area (Å²) in [7, 11) is 3.06. The van der Waals surface area contributed by atoms with E-state index in [9.17, 15) is 10.2 Å². The maximum atomic E-state index is 9.67. The predicted molar refractivity (Wildman–Crippen MR) is 72.2 cm³/mol. The van der Waals surface area contributed by atoms with E-state index in [4.69, 9.17) is 9.47 Å². The molecule has 0 aliphatic carbocycles. The van der Waals surface area contributed by atoms with Gasteiger partial charge in [0, 0.05) is 14.2 Å². The number of rotatable bonds is 5. The fourth-order valence-electron chi connectivity index (χ4n) is 1.76. The molecule has 6 heteroatoms. The van der Waals surface area contributed by atoms with Crippen LogP contribution in [0.4, 0.5) is 0 Å². The van der Waals surface area contributed by atoms with Crippen molar-refractivity contribution < 1.29 is 19.7 Å². The molecule has 0 saturated heterocycles. The molecule has 0 aromatic carbocycles. The minimum atomic E-state index is 0.0755. The van der Waals surface area contributed by atoms with Crippen LogP contribution in [0.15, 0.2) is 24.3 Å². The van der Waals surface area contributed by atoms with Gasteiger partial charge >= 0.3 is 0 Å². The molecule has 0 aliphatic heterocycles. The lowest BCUT2D eigenvalue weighted by atomic mass is 10.2. The molecule has 0 fully saturated rings. The highest BCUT2D eigenvalue weighted by Crippen LogP contribution is 2.24. The van der Waals surface area contributed by atoms with Crippen LogP contribution in [0.5, 0.6) is 11.5 Å². The second kappa shape index (κ2) is 6.31. The van der Waals surface area contributed by atoms with Crippen LogP contribution in [0.25, 0.3) is 11.4 Å². The zero-order valence-electron chi connectivity index (χ0n) is 11.3. The van der Waals surface area contributed by atoms with Gasteiger partial charge in [-0.2, -0.15) is 0 Å². The molecule has 0 radical (unpaired) electrons. The highest BCUT2D eigenvalue weighted by Gasteiger charge is 2.10. The van der Waals surface area contributed by atoms with Gasteiger partial charge in [0.2, 0.25) is 0 Å². The van der Waals surface area contributed by atoms with Crippen LogP contribution in [0.2, 0.25) is 0 Å². The highest BCUT2D eigenvalue weighted by atomic mass is 16.5. The smallest absolute Gasteiger partial charge is 0.139 e. The van der Waals surface area contributed by atoms with E-state index in [1.807, 2.05) is 0 Å². The van der Waals surface area contributed by atoms with Crippen molar-refractivity contribution in [2.24, 2.45) is 0 Å². The summed E-state index contributed by atoms with van der Waals surface area (Å²) in [6.07, 6.45) is 0. The third-order valence-electron chi connectivity index (χ3n) is 2.72. The first-order chi connectivity index (χ1) is 9.65. The normalized spacial score (nSPS) is 10.7. The van der Waals surface area contributed by atoms with Crippen molar-refractivity contribution in [2.75, 3.05) is 14.2 Å². The number of pyridine rings is 2. The zero-order chi connectivity index (χ0) is 14.5. The quantitative estimate of drug-likeness (QED) is 0.867.